The van der Waals surface area contributed by atoms with Gasteiger partial charge in [0.1, 0.15) is 0 Å². The van der Waals surface area contributed by atoms with Crippen LogP contribution in [0.15, 0.2) is 103 Å². The van der Waals surface area contributed by atoms with Crippen LogP contribution in [0.5, 0.6) is 0 Å². The summed E-state index contributed by atoms with van der Waals surface area (Å²) in [6.45, 7) is 4.12. The van der Waals surface area contributed by atoms with E-state index < -0.39 is 35.9 Å². The van der Waals surface area contributed by atoms with E-state index in [0.717, 1.165) is 6.42 Å². The summed E-state index contributed by atoms with van der Waals surface area (Å²) in [6, 6.07) is 32.6. The minimum absolute atomic E-state index is 0.121. The third-order valence-corrected chi connectivity index (χ3v) is 24.4. The Balaban J connectivity index is 1.54. The second-order valence-electron chi connectivity index (χ2n) is 11.3. The Morgan fingerprint density at radius 2 is 1.30 bits per heavy atom. The van der Waals surface area contributed by atoms with Crippen LogP contribution in [0.3, 0.4) is 0 Å². The van der Waals surface area contributed by atoms with Gasteiger partial charge in [0.2, 0.25) is 0 Å². The third kappa shape index (κ3) is 3.95. The molecule has 2 aliphatic carbocycles. The van der Waals surface area contributed by atoms with Gasteiger partial charge in [-0.1, -0.05) is 0 Å². The van der Waals surface area contributed by atoms with E-state index in [9.17, 15) is 9.59 Å². The van der Waals surface area contributed by atoms with E-state index in [1.54, 1.807) is 0 Å². The van der Waals surface area contributed by atoms with E-state index in [1.165, 1.54) is 10.7 Å². The molecule has 3 aliphatic rings. The van der Waals surface area contributed by atoms with Gasteiger partial charge in [0, 0.05) is 0 Å². The summed E-state index contributed by atoms with van der Waals surface area (Å²) < 4.78 is 15.6. The predicted octanol–water partition coefficient (Wildman–Crippen LogP) is 3.84. The van der Waals surface area contributed by atoms with Crippen molar-refractivity contribution < 1.29 is 19.1 Å². The van der Waals surface area contributed by atoms with Crippen molar-refractivity contribution in [1.29, 1.82) is 0 Å². The molecule has 2 fully saturated rings. The average Bonchev–Trinajstić information content (AvgIpc) is 3.62. The average molecular weight is 599 g/mol. The maximum atomic E-state index is 14.1. The number of hydrogen-bond acceptors (Lipinski definition) is 4. The van der Waals surface area contributed by atoms with Crippen LogP contribution in [0.2, 0.25) is 3.93 Å². The van der Waals surface area contributed by atoms with Crippen molar-refractivity contribution in [3.05, 3.63) is 103 Å². The van der Waals surface area contributed by atoms with Gasteiger partial charge in [0.05, 0.1) is 0 Å². The molecule has 6 rings (SSSR count). The van der Waals surface area contributed by atoms with Crippen molar-refractivity contribution >= 4 is 41.1 Å². The van der Waals surface area contributed by atoms with Crippen molar-refractivity contribution in [2.75, 3.05) is 6.61 Å². The van der Waals surface area contributed by atoms with Gasteiger partial charge < -0.3 is 0 Å². The fourth-order valence-corrected chi connectivity index (χ4v) is 24.5. The van der Waals surface area contributed by atoms with Crippen molar-refractivity contribution in [2.24, 2.45) is 23.2 Å². The normalized spacial score (nSPS) is 27.7. The molecule has 4 nitrogen and oxygen atoms in total. The standard InChI is InChI=1S/C14H17O4.3C6H5.Sn/c1-14(2)7-17-13(16)11(14)18-12(15)10-6-8-3-4-9(10)5-8;3*1-2-4-6-5-3-1;/h3-4,6,8-11H,5,7H2,1-2H3;3*1-5H;/t8-,9+,10-,11+;;;;/m1..../s1. The molecular weight excluding hydrogens is 567 g/mol. The zero-order valence-corrected chi connectivity index (χ0v) is 24.1. The summed E-state index contributed by atoms with van der Waals surface area (Å²) in [7, 11) is 0. The monoisotopic (exact) mass is 600 g/mol. The van der Waals surface area contributed by atoms with Gasteiger partial charge >= 0.3 is 223 Å². The molecule has 5 heteroatoms. The number of carbonyl (C=O) groups is 2. The molecule has 37 heavy (non-hydrogen) atoms. The van der Waals surface area contributed by atoms with Gasteiger partial charge in [0.15, 0.2) is 0 Å². The van der Waals surface area contributed by atoms with Gasteiger partial charge in [0.25, 0.3) is 0 Å². The summed E-state index contributed by atoms with van der Waals surface area (Å²) in [5, 5.41) is 0. The van der Waals surface area contributed by atoms with Gasteiger partial charge in [-0.3, -0.25) is 0 Å². The van der Waals surface area contributed by atoms with Crippen molar-refractivity contribution in [3.8, 4) is 0 Å². The molecule has 3 aromatic rings. The van der Waals surface area contributed by atoms with Crippen LogP contribution in [0.1, 0.15) is 20.3 Å². The Bertz CT molecular complexity index is 1220. The Morgan fingerprint density at radius 3 is 1.76 bits per heavy atom. The number of esters is 2. The number of benzene rings is 3. The topological polar surface area (TPSA) is 52.6 Å². The number of ether oxygens (including phenoxy) is 2. The van der Waals surface area contributed by atoms with E-state index in [0.29, 0.717) is 5.92 Å². The van der Waals surface area contributed by atoms with Crippen LogP contribution in [0.25, 0.3) is 0 Å². The molecule has 2 bridgehead atoms. The quantitative estimate of drug-likeness (QED) is 0.246. The maximum absolute atomic E-state index is 14.1. The van der Waals surface area contributed by atoms with Crippen molar-refractivity contribution in [3.63, 3.8) is 0 Å². The number of hydrogen-bond donors (Lipinski definition) is 0. The number of allylic oxidation sites excluding steroid dienone is 2. The molecule has 188 valence electrons. The summed E-state index contributed by atoms with van der Waals surface area (Å²) in [5.74, 6) is -0.562. The van der Waals surface area contributed by atoms with Crippen molar-refractivity contribution in [1.82, 2.24) is 0 Å². The molecule has 3 aromatic carbocycles. The molecule has 0 amide bonds. The summed E-state index contributed by atoms with van der Waals surface area (Å²) in [4.78, 5) is 26.7. The number of rotatable bonds is 6. The van der Waals surface area contributed by atoms with E-state index in [1.807, 2.05) is 13.8 Å². The molecule has 5 atom stereocenters. The second-order valence-corrected chi connectivity index (χ2v) is 22.8. The molecule has 0 unspecified atom stereocenters. The zero-order valence-electron chi connectivity index (χ0n) is 21.2. The molecular formula is C32H32O4Sn. The fourth-order valence-electron chi connectivity index (χ4n) is 7.04. The second kappa shape index (κ2) is 9.46. The predicted molar refractivity (Wildman–Crippen MR) is 147 cm³/mol. The summed E-state index contributed by atoms with van der Waals surface area (Å²) >= 11 is -3.86. The third-order valence-electron chi connectivity index (χ3n) is 8.66. The first kappa shape index (κ1) is 24.5. The van der Waals surface area contributed by atoms with Crippen LogP contribution in [-0.2, 0) is 19.1 Å². The Morgan fingerprint density at radius 1 is 0.811 bits per heavy atom. The van der Waals surface area contributed by atoms with Crippen LogP contribution in [0.4, 0.5) is 0 Å². The fraction of sp³-hybridized carbons (Fsp3) is 0.312. The Kier molecular flexibility index (Phi) is 6.26. The first-order chi connectivity index (χ1) is 17.9. The van der Waals surface area contributed by atoms with Gasteiger partial charge in [-0.15, -0.1) is 0 Å². The molecule has 0 N–H and O–H groups in total. The van der Waals surface area contributed by atoms with Crippen molar-refractivity contribution in [2.45, 2.75) is 30.3 Å². The van der Waals surface area contributed by atoms with E-state index in [-0.39, 0.29) is 28.3 Å². The molecule has 1 saturated carbocycles. The number of fused-ring (bicyclic) bond motifs is 2. The van der Waals surface area contributed by atoms with E-state index in [4.69, 9.17) is 9.47 Å². The zero-order chi connectivity index (χ0) is 25.6. The number of cyclic esters (lactones) is 1. The van der Waals surface area contributed by atoms with Crippen LogP contribution < -0.4 is 10.7 Å². The number of carbonyl (C=O) groups excluding carboxylic acids is 2. The molecule has 1 heterocycles. The van der Waals surface area contributed by atoms with E-state index in [2.05, 4.69) is 103 Å². The van der Waals surface area contributed by atoms with Crippen LogP contribution in [0, 0.1) is 23.2 Å². The van der Waals surface area contributed by atoms with Crippen LogP contribution in [-0.4, -0.2) is 43.0 Å². The molecule has 1 saturated heterocycles. The van der Waals surface area contributed by atoms with E-state index >= 15 is 0 Å². The molecule has 1 aliphatic heterocycles. The van der Waals surface area contributed by atoms with Crippen LogP contribution >= 0.6 is 0 Å². The van der Waals surface area contributed by atoms with Gasteiger partial charge in [-0.25, -0.2) is 0 Å². The molecule has 0 aromatic heterocycles. The van der Waals surface area contributed by atoms with Gasteiger partial charge in [-0.05, 0) is 0 Å². The molecule has 0 spiro atoms. The summed E-state index contributed by atoms with van der Waals surface area (Å²) in [5.41, 5.74) is -0.533. The first-order valence-corrected chi connectivity index (χ1v) is 19.1. The Hall–Kier alpha value is -2.86. The summed E-state index contributed by atoms with van der Waals surface area (Å²) in [6.07, 6.45) is 4.64. The SMILES string of the molecule is CC1(C)COC(=O)[C@@H]1OC(=O)[C@@H]1[C@@H]([Sn]([c]2ccccc2)([c]2ccccc2)[c]2ccccc2)[C@@H]2C=C[C@H]1C2. The molecule has 0 radical (unpaired) electrons. The Labute approximate surface area is 222 Å². The first-order valence-electron chi connectivity index (χ1n) is 13.1. The van der Waals surface area contributed by atoms with Gasteiger partial charge in [-0.2, -0.15) is 0 Å². The minimum atomic E-state index is -3.86.